The zero-order valence-corrected chi connectivity index (χ0v) is 28.2. The van der Waals surface area contributed by atoms with Crippen LogP contribution in [0.4, 0.5) is 4.79 Å². The summed E-state index contributed by atoms with van der Waals surface area (Å²) in [5.41, 5.74) is 0.702. The molecule has 0 radical (unpaired) electrons. The summed E-state index contributed by atoms with van der Waals surface area (Å²) in [4.78, 5) is 51.9. The molecule has 2 aromatic heterocycles. The van der Waals surface area contributed by atoms with Crippen LogP contribution in [0, 0.1) is 5.92 Å². The normalized spacial score (nSPS) is 16.2. The van der Waals surface area contributed by atoms with E-state index in [0.717, 1.165) is 31.2 Å². The quantitative estimate of drug-likeness (QED) is 0.152. The SMILES string of the molecule is CC(C)(C)OC(=O)N[C@@H](Cc1ccccc1)C(=O)N[C@@H](Cc1cnc[nH]1)C(=O)N[C@@H](CC1CCCCC1)[C@@H](O)CCOc1ccccn1. The number of alkyl carbamates (subject to hydrolysis) is 1. The third-order valence-electron chi connectivity index (χ3n) is 8.31. The standard InChI is InChI=1S/C36H50N6O6/c1-36(2,3)48-35(46)42-29(21-26-14-8-5-9-15-26)33(44)41-30(22-27-23-37-24-39-27)34(45)40-28(20-25-12-6-4-7-13-25)31(43)17-19-47-32-16-10-11-18-38-32/h5,8-11,14-16,18,23-25,28-31,43H,4,6-7,12-13,17,19-22H2,1-3H3,(H,37,39)(H,40,45)(H,41,44)(H,42,46)/t28-,29-,30-,31-/m0/s1. The first-order chi connectivity index (χ1) is 23.1. The van der Waals surface area contributed by atoms with Crippen molar-refractivity contribution >= 4 is 17.9 Å². The molecule has 12 heteroatoms. The number of H-pyrrole nitrogens is 1. The van der Waals surface area contributed by atoms with Gasteiger partial charge in [0.2, 0.25) is 17.7 Å². The van der Waals surface area contributed by atoms with Crippen molar-refractivity contribution in [3.63, 3.8) is 0 Å². The molecule has 3 amide bonds. The van der Waals surface area contributed by atoms with Crippen molar-refractivity contribution in [3.05, 3.63) is 78.5 Å². The van der Waals surface area contributed by atoms with Gasteiger partial charge < -0.3 is 35.5 Å². The highest BCUT2D eigenvalue weighted by atomic mass is 16.6. The molecule has 0 bridgehead atoms. The molecule has 1 fully saturated rings. The molecule has 1 aliphatic rings. The number of carbonyl (C=O) groups is 3. The van der Waals surface area contributed by atoms with E-state index in [4.69, 9.17) is 9.47 Å². The fourth-order valence-electron chi connectivity index (χ4n) is 5.90. The molecular formula is C36H50N6O6. The van der Waals surface area contributed by atoms with Crippen LogP contribution >= 0.6 is 0 Å². The number of ether oxygens (including phenoxy) is 2. The van der Waals surface area contributed by atoms with Crippen LogP contribution in [0.15, 0.2) is 67.3 Å². The van der Waals surface area contributed by atoms with Crippen LogP contribution in [-0.4, -0.2) is 74.4 Å². The summed E-state index contributed by atoms with van der Waals surface area (Å²) in [7, 11) is 0. The summed E-state index contributed by atoms with van der Waals surface area (Å²) >= 11 is 0. The van der Waals surface area contributed by atoms with Crippen molar-refractivity contribution in [2.24, 2.45) is 5.92 Å². The van der Waals surface area contributed by atoms with Crippen LogP contribution in [-0.2, 0) is 27.2 Å². The zero-order valence-electron chi connectivity index (χ0n) is 28.2. The summed E-state index contributed by atoms with van der Waals surface area (Å²) in [6, 6.07) is 12.1. The van der Waals surface area contributed by atoms with E-state index < -0.39 is 47.7 Å². The third kappa shape index (κ3) is 12.6. The van der Waals surface area contributed by atoms with E-state index in [1.807, 2.05) is 36.4 Å². The second kappa shape index (κ2) is 18.2. The minimum absolute atomic E-state index is 0.122. The van der Waals surface area contributed by atoms with Gasteiger partial charge in [-0.3, -0.25) is 9.59 Å². The Hall–Kier alpha value is -4.45. The number of aliphatic hydroxyl groups is 1. The Morgan fingerprint density at radius 1 is 0.938 bits per heavy atom. The number of rotatable bonds is 16. The molecule has 1 aromatic carbocycles. The second-order valence-electron chi connectivity index (χ2n) is 13.5. The molecule has 3 aromatic rings. The van der Waals surface area contributed by atoms with Crippen molar-refractivity contribution in [3.8, 4) is 5.88 Å². The number of hydrogen-bond donors (Lipinski definition) is 5. The van der Waals surface area contributed by atoms with Gasteiger partial charge in [0.1, 0.15) is 17.7 Å². The Kier molecular flexibility index (Phi) is 13.8. The molecule has 1 saturated carbocycles. The molecule has 5 N–H and O–H groups in total. The molecule has 48 heavy (non-hydrogen) atoms. The van der Waals surface area contributed by atoms with Gasteiger partial charge in [-0.05, 0) is 44.7 Å². The monoisotopic (exact) mass is 662 g/mol. The molecule has 4 rings (SSSR count). The maximum absolute atomic E-state index is 14.0. The van der Waals surface area contributed by atoms with Gasteiger partial charge in [-0.2, -0.15) is 0 Å². The molecule has 1 aliphatic carbocycles. The highest BCUT2D eigenvalue weighted by Crippen LogP contribution is 2.28. The molecule has 0 spiro atoms. The zero-order chi connectivity index (χ0) is 34.4. The van der Waals surface area contributed by atoms with E-state index in [1.54, 1.807) is 45.3 Å². The minimum Gasteiger partial charge on any atom is -0.478 e. The van der Waals surface area contributed by atoms with Crippen LogP contribution in [0.1, 0.15) is 77.0 Å². The fraction of sp³-hybridized carbons (Fsp3) is 0.528. The van der Waals surface area contributed by atoms with Gasteiger partial charge in [0, 0.05) is 43.4 Å². The molecule has 260 valence electrons. The number of hydrogen-bond acceptors (Lipinski definition) is 8. The van der Waals surface area contributed by atoms with E-state index in [2.05, 4.69) is 30.9 Å². The Bertz CT molecular complexity index is 1390. The van der Waals surface area contributed by atoms with E-state index in [1.165, 1.54) is 12.7 Å². The number of carbonyl (C=O) groups excluding carboxylic acids is 3. The number of amides is 3. The number of pyridine rings is 1. The van der Waals surface area contributed by atoms with Gasteiger partial charge in [0.25, 0.3) is 0 Å². The van der Waals surface area contributed by atoms with Crippen LogP contribution in [0.2, 0.25) is 0 Å². The lowest BCUT2D eigenvalue weighted by atomic mass is 9.83. The lowest BCUT2D eigenvalue weighted by Crippen LogP contribution is -2.57. The molecule has 0 aliphatic heterocycles. The average Bonchev–Trinajstić information content (AvgIpc) is 3.57. The summed E-state index contributed by atoms with van der Waals surface area (Å²) in [5.74, 6) is -0.161. The topological polar surface area (TPSA) is 168 Å². The fourth-order valence-corrected chi connectivity index (χ4v) is 5.90. The van der Waals surface area contributed by atoms with Gasteiger partial charge in [0.15, 0.2) is 0 Å². The lowest BCUT2D eigenvalue weighted by molar-refractivity contribution is -0.131. The van der Waals surface area contributed by atoms with Crippen LogP contribution < -0.4 is 20.7 Å². The highest BCUT2D eigenvalue weighted by molar-refractivity contribution is 5.91. The minimum atomic E-state index is -1.03. The van der Waals surface area contributed by atoms with Crippen molar-refractivity contribution in [2.75, 3.05) is 6.61 Å². The van der Waals surface area contributed by atoms with Gasteiger partial charge in [0.05, 0.1) is 25.1 Å². The number of aromatic amines is 1. The number of imidazole rings is 1. The van der Waals surface area contributed by atoms with Gasteiger partial charge in [-0.1, -0.05) is 68.5 Å². The lowest BCUT2D eigenvalue weighted by Gasteiger charge is -2.32. The van der Waals surface area contributed by atoms with E-state index >= 15 is 0 Å². The number of benzene rings is 1. The van der Waals surface area contributed by atoms with Gasteiger partial charge in [-0.25, -0.2) is 14.8 Å². The van der Waals surface area contributed by atoms with E-state index in [0.29, 0.717) is 23.9 Å². The first-order valence-electron chi connectivity index (χ1n) is 16.9. The predicted molar refractivity (Wildman–Crippen MR) is 181 cm³/mol. The number of nitrogens with zero attached hydrogens (tertiary/aromatic N) is 2. The number of nitrogens with one attached hydrogen (secondary N) is 4. The molecule has 12 nitrogen and oxygen atoms in total. The van der Waals surface area contributed by atoms with E-state index in [-0.39, 0.29) is 25.9 Å². The van der Waals surface area contributed by atoms with Crippen LogP contribution in [0.25, 0.3) is 0 Å². The van der Waals surface area contributed by atoms with Crippen molar-refractivity contribution in [1.29, 1.82) is 0 Å². The Morgan fingerprint density at radius 2 is 1.65 bits per heavy atom. The van der Waals surface area contributed by atoms with Crippen molar-refractivity contribution in [2.45, 2.75) is 108 Å². The molecular weight excluding hydrogens is 612 g/mol. The summed E-state index contributed by atoms with van der Waals surface area (Å²) in [6.45, 7) is 5.45. The Morgan fingerprint density at radius 3 is 2.31 bits per heavy atom. The maximum Gasteiger partial charge on any atom is 0.408 e. The largest absolute Gasteiger partial charge is 0.478 e. The second-order valence-corrected chi connectivity index (χ2v) is 13.5. The van der Waals surface area contributed by atoms with E-state index in [9.17, 15) is 19.5 Å². The van der Waals surface area contributed by atoms with Crippen LogP contribution in [0.5, 0.6) is 5.88 Å². The number of aromatic nitrogens is 3. The Balaban J connectivity index is 1.50. The first kappa shape index (κ1) is 36.4. The third-order valence-corrected chi connectivity index (χ3v) is 8.31. The van der Waals surface area contributed by atoms with Crippen LogP contribution in [0.3, 0.4) is 0 Å². The van der Waals surface area contributed by atoms with Crippen molar-refractivity contribution in [1.82, 2.24) is 30.9 Å². The molecule has 0 unspecified atom stereocenters. The first-order valence-corrected chi connectivity index (χ1v) is 16.9. The van der Waals surface area contributed by atoms with Crippen molar-refractivity contribution < 1.29 is 29.0 Å². The number of aliphatic hydroxyl groups excluding tert-OH is 1. The average molecular weight is 663 g/mol. The summed E-state index contributed by atoms with van der Waals surface area (Å²) in [6.07, 6.45) is 9.81. The van der Waals surface area contributed by atoms with Gasteiger partial charge >= 0.3 is 6.09 Å². The maximum atomic E-state index is 14.0. The Labute approximate surface area is 282 Å². The van der Waals surface area contributed by atoms with Gasteiger partial charge in [-0.15, -0.1) is 0 Å². The molecule has 4 atom stereocenters. The smallest absolute Gasteiger partial charge is 0.408 e. The summed E-state index contributed by atoms with van der Waals surface area (Å²) in [5, 5.41) is 20.0. The highest BCUT2D eigenvalue weighted by Gasteiger charge is 2.32. The summed E-state index contributed by atoms with van der Waals surface area (Å²) < 4.78 is 11.2. The predicted octanol–water partition coefficient (Wildman–Crippen LogP) is 4.25. The molecule has 2 heterocycles. The molecule has 0 saturated heterocycles.